The van der Waals surface area contributed by atoms with Crippen molar-refractivity contribution in [2.75, 3.05) is 5.32 Å². The van der Waals surface area contributed by atoms with Crippen LogP contribution in [0.2, 0.25) is 0 Å². The number of rotatable bonds is 2. The van der Waals surface area contributed by atoms with Crippen LogP contribution in [-0.4, -0.2) is 9.97 Å². The van der Waals surface area contributed by atoms with Crippen LogP contribution in [0.25, 0.3) is 0 Å². The molecule has 0 saturated carbocycles. The SMILES string of the molecule is Cc1ncccc1Nc1ccc(Br)cn1. The Labute approximate surface area is 96.7 Å². The normalized spacial score (nSPS) is 10.0. The average molecular weight is 264 g/mol. The van der Waals surface area contributed by atoms with Gasteiger partial charge in [-0.1, -0.05) is 0 Å². The smallest absolute Gasteiger partial charge is 0.130 e. The van der Waals surface area contributed by atoms with Gasteiger partial charge in [0.15, 0.2) is 0 Å². The summed E-state index contributed by atoms with van der Waals surface area (Å²) in [5.74, 6) is 0.814. The largest absolute Gasteiger partial charge is 0.339 e. The van der Waals surface area contributed by atoms with E-state index in [0.717, 1.165) is 21.7 Å². The van der Waals surface area contributed by atoms with Gasteiger partial charge >= 0.3 is 0 Å². The first-order chi connectivity index (χ1) is 7.25. The molecule has 0 fully saturated rings. The molecule has 0 unspecified atom stereocenters. The molecule has 0 aliphatic carbocycles. The summed E-state index contributed by atoms with van der Waals surface area (Å²) < 4.78 is 0.968. The lowest BCUT2D eigenvalue weighted by molar-refractivity contribution is 1.19. The Bertz CT molecular complexity index is 454. The van der Waals surface area contributed by atoms with Crippen molar-refractivity contribution >= 4 is 27.4 Å². The van der Waals surface area contributed by atoms with Crippen LogP contribution in [0.5, 0.6) is 0 Å². The number of hydrogen-bond acceptors (Lipinski definition) is 3. The first-order valence-corrected chi connectivity index (χ1v) is 5.35. The van der Waals surface area contributed by atoms with Gasteiger partial charge in [0.2, 0.25) is 0 Å². The van der Waals surface area contributed by atoms with E-state index in [0.29, 0.717) is 0 Å². The lowest BCUT2D eigenvalue weighted by atomic mass is 10.3. The zero-order chi connectivity index (χ0) is 10.7. The molecule has 3 nitrogen and oxygen atoms in total. The molecule has 0 aromatic carbocycles. The first-order valence-electron chi connectivity index (χ1n) is 4.56. The fraction of sp³-hybridized carbons (Fsp3) is 0.0909. The molecule has 0 saturated heterocycles. The minimum Gasteiger partial charge on any atom is -0.339 e. The summed E-state index contributed by atoms with van der Waals surface area (Å²) in [5.41, 5.74) is 1.94. The van der Waals surface area contributed by atoms with E-state index in [1.807, 2.05) is 31.2 Å². The van der Waals surface area contributed by atoms with Crippen LogP contribution in [0.4, 0.5) is 11.5 Å². The second-order valence-electron chi connectivity index (χ2n) is 3.12. The van der Waals surface area contributed by atoms with Crippen molar-refractivity contribution in [3.8, 4) is 0 Å². The zero-order valence-corrected chi connectivity index (χ0v) is 9.82. The van der Waals surface area contributed by atoms with E-state index in [9.17, 15) is 0 Å². The molecular weight excluding hydrogens is 254 g/mol. The third-order valence-electron chi connectivity index (χ3n) is 2.00. The van der Waals surface area contributed by atoms with E-state index in [1.54, 1.807) is 12.4 Å². The Kier molecular flexibility index (Phi) is 2.97. The average Bonchev–Trinajstić information content (AvgIpc) is 2.25. The molecule has 0 atom stereocenters. The quantitative estimate of drug-likeness (QED) is 0.904. The summed E-state index contributed by atoms with van der Waals surface area (Å²) in [7, 11) is 0. The number of aromatic nitrogens is 2. The van der Waals surface area contributed by atoms with Crippen molar-refractivity contribution in [1.82, 2.24) is 9.97 Å². The third kappa shape index (κ3) is 2.53. The second-order valence-corrected chi connectivity index (χ2v) is 4.04. The van der Waals surface area contributed by atoms with Crippen molar-refractivity contribution in [3.05, 3.63) is 46.8 Å². The van der Waals surface area contributed by atoms with Crippen molar-refractivity contribution in [2.24, 2.45) is 0 Å². The molecule has 0 bridgehead atoms. The van der Waals surface area contributed by atoms with Crippen LogP contribution in [0.3, 0.4) is 0 Å². The molecule has 0 aliphatic rings. The molecule has 76 valence electrons. The monoisotopic (exact) mass is 263 g/mol. The van der Waals surface area contributed by atoms with E-state index < -0.39 is 0 Å². The van der Waals surface area contributed by atoms with Gasteiger partial charge in [-0.25, -0.2) is 4.98 Å². The summed E-state index contributed by atoms with van der Waals surface area (Å²) in [6, 6.07) is 7.73. The van der Waals surface area contributed by atoms with Gasteiger partial charge in [0.25, 0.3) is 0 Å². The summed E-state index contributed by atoms with van der Waals surface area (Å²) >= 11 is 3.34. The molecular formula is C11H10BrN3. The molecule has 0 spiro atoms. The predicted octanol–water partition coefficient (Wildman–Crippen LogP) is 3.29. The summed E-state index contributed by atoms with van der Waals surface area (Å²) in [6.07, 6.45) is 3.53. The minimum absolute atomic E-state index is 0.814. The Morgan fingerprint density at radius 3 is 2.73 bits per heavy atom. The van der Waals surface area contributed by atoms with Crippen LogP contribution in [-0.2, 0) is 0 Å². The number of pyridine rings is 2. The molecule has 0 radical (unpaired) electrons. The van der Waals surface area contributed by atoms with Gasteiger partial charge < -0.3 is 5.32 Å². The Hall–Kier alpha value is -1.42. The molecule has 4 heteroatoms. The summed E-state index contributed by atoms with van der Waals surface area (Å²) in [4.78, 5) is 8.42. The van der Waals surface area contributed by atoms with E-state index in [-0.39, 0.29) is 0 Å². The van der Waals surface area contributed by atoms with E-state index in [1.165, 1.54) is 0 Å². The molecule has 15 heavy (non-hydrogen) atoms. The first kappa shape index (κ1) is 10.1. The second kappa shape index (κ2) is 4.40. The molecule has 2 aromatic heterocycles. The van der Waals surface area contributed by atoms with Gasteiger partial charge in [-0.15, -0.1) is 0 Å². The van der Waals surface area contributed by atoms with Crippen molar-refractivity contribution in [2.45, 2.75) is 6.92 Å². The van der Waals surface area contributed by atoms with Gasteiger partial charge in [-0.2, -0.15) is 0 Å². The topological polar surface area (TPSA) is 37.8 Å². The number of aryl methyl sites for hydroxylation is 1. The summed E-state index contributed by atoms with van der Waals surface area (Å²) in [6.45, 7) is 1.96. The van der Waals surface area contributed by atoms with Crippen LogP contribution in [0.15, 0.2) is 41.1 Å². The van der Waals surface area contributed by atoms with E-state index >= 15 is 0 Å². The fourth-order valence-corrected chi connectivity index (χ4v) is 1.44. The Morgan fingerprint density at radius 2 is 2.07 bits per heavy atom. The van der Waals surface area contributed by atoms with Crippen molar-refractivity contribution in [3.63, 3.8) is 0 Å². The lowest BCUT2D eigenvalue weighted by Gasteiger charge is -2.07. The summed E-state index contributed by atoms with van der Waals surface area (Å²) in [5, 5.41) is 3.20. The number of nitrogens with zero attached hydrogens (tertiary/aromatic N) is 2. The highest BCUT2D eigenvalue weighted by atomic mass is 79.9. The van der Waals surface area contributed by atoms with Crippen LogP contribution in [0, 0.1) is 6.92 Å². The third-order valence-corrected chi connectivity index (χ3v) is 2.47. The molecule has 1 N–H and O–H groups in total. The van der Waals surface area contributed by atoms with Crippen molar-refractivity contribution in [1.29, 1.82) is 0 Å². The van der Waals surface area contributed by atoms with Gasteiger partial charge in [0.05, 0.1) is 11.4 Å². The number of halogens is 1. The minimum atomic E-state index is 0.814. The highest BCUT2D eigenvalue weighted by Gasteiger charge is 1.99. The van der Waals surface area contributed by atoms with Gasteiger partial charge in [-0.3, -0.25) is 4.98 Å². The Balaban J connectivity index is 2.22. The maximum absolute atomic E-state index is 4.23. The van der Waals surface area contributed by atoms with Gasteiger partial charge in [-0.05, 0) is 47.1 Å². The number of anilines is 2. The van der Waals surface area contributed by atoms with E-state index in [4.69, 9.17) is 0 Å². The maximum atomic E-state index is 4.23. The molecule has 2 heterocycles. The highest BCUT2D eigenvalue weighted by molar-refractivity contribution is 9.10. The van der Waals surface area contributed by atoms with Gasteiger partial charge in [0.1, 0.15) is 5.82 Å². The highest BCUT2D eigenvalue weighted by Crippen LogP contribution is 2.17. The number of hydrogen-bond donors (Lipinski definition) is 1. The number of nitrogens with one attached hydrogen (secondary N) is 1. The van der Waals surface area contributed by atoms with Gasteiger partial charge in [0, 0.05) is 16.9 Å². The van der Waals surface area contributed by atoms with Crippen LogP contribution >= 0.6 is 15.9 Å². The van der Waals surface area contributed by atoms with Crippen LogP contribution in [0.1, 0.15) is 5.69 Å². The predicted molar refractivity (Wildman–Crippen MR) is 64.2 cm³/mol. The van der Waals surface area contributed by atoms with Crippen LogP contribution < -0.4 is 5.32 Å². The molecule has 2 rings (SSSR count). The fourth-order valence-electron chi connectivity index (χ4n) is 1.20. The Morgan fingerprint density at radius 1 is 1.20 bits per heavy atom. The zero-order valence-electron chi connectivity index (χ0n) is 8.24. The molecule has 2 aromatic rings. The van der Waals surface area contributed by atoms with Crippen molar-refractivity contribution < 1.29 is 0 Å². The molecule has 0 amide bonds. The maximum Gasteiger partial charge on any atom is 0.130 e. The lowest BCUT2D eigenvalue weighted by Crippen LogP contribution is -1.96. The standard InChI is InChI=1S/C11H10BrN3/c1-8-10(3-2-6-13-8)15-11-5-4-9(12)7-14-11/h2-7H,1H3,(H,14,15). The van der Waals surface area contributed by atoms with E-state index in [2.05, 4.69) is 31.2 Å². The molecule has 0 aliphatic heterocycles.